The quantitative estimate of drug-likeness (QED) is 0.876. The van der Waals surface area contributed by atoms with Gasteiger partial charge in [-0.2, -0.15) is 0 Å². The van der Waals surface area contributed by atoms with E-state index in [1.54, 1.807) is 18.3 Å². The Labute approximate surface area is 142 Å². The number of nitrogens with one attached hydrogen (secondary N) is 1. The van der Waals surface area contributed by atoms with Crippen LogP contribution in [0.4, 0.5) is 5.82 Å². The summed E-state index contributed by atoms with van der Waals surface area (Å²) in [6.45, 7) is 10.5. The van der Waals surface area contributed by atoms with Gasteiger partial charge in [0.25, 0.3) is 0 Å². The van der Waals surface area contributed by atoms with E-state index in [4.69, 9.17) is 0 Å². The van der Waals surface area contributed by atoms with Crippen molar-refractivity contribution in [1.82, 2.24) is 15.3 Å². The van der Waals surface area contributed by atoms with Crippen molar-refractivity contribution >= 4 is 17.7 Å². The molecule has 3 rings (SSSR count). The molecule has 1 aliphatic heterocycles. The van der Waals surface area contributed by atoms with Crippen LogP contribution in [0.25, 0.3) is 6.08 Å². The molecule has 0 spiro atoms. The molecule has 0 amide bonds. The van der Waals surface area contributed by atoms with E-state index in [2.05, 4.69) is 33.7 Å². The number of hydrogen-bond donors (Lipinski definition) is 1. The van der Waals surface area contributed by atoms with Gasteiger partial charge in [-0.3, -0.25) is 9.78 Å². The minimum absolute atomic E-state index is 0.103. The molecule has 124 valence electrons. The second-order valence-corrected chi connectivity index (χ2v) is 6.06. The average Bonchev–Trinajstić information content (AvgIpc) is 2.62. The standard InChI is InChI=1S/C19H22N4O/c1-4-15-10-16(14(3)21-12-15)19(24)17-6-5-7-18(22-17)23-9-8-20-11-13(23)2/h4-7,10,12-13,20H,1,8-9,11H2,2-3H3/t13-/m1/s1. The number of ketones is 1. The normalized spacial score (nSPS) is 17.6. The van der Waals surface area contributed by atoms with Gasteiger partial charge >= 0.3 is 0 Å². The molecule has 1 fully saturated rings. The Bertz CT molecular complexity index is 772. The van der Waals surface area contributed by atoms with Crippen LogP contribution in [0.2, 0.25) is 0 Å². The van der Waals surface area contributed by atoms with Crippen molar-refractivity contribution in [3.8, 4) is 0 Å². The van der Waals surface area contributed by atoms with Crippen LogP contribution in [-0.4, -0.2) is 41.4 Å². The van der Waals surface area contributed by atoms with Crippen molar-refractivity contribution < 1.29 is 4.79 Å². The summed E-state index contributed by atoms with van der Waals surface area (Å²) in [7, 11) is 0. The van der Waals surface area contributed by atoms with E-state index in [0.29, 0.717) is 23.0 Å². The van der Waals surface area contributed by atoms with Crippen molar-refractivity contribution in [3.05, 3.63) is 59.6 Å². The van der Waals surface area contributed by atoms with E-state index in [1.807, 2.05) is 25.1 Å². The van der Waals surface area contributed by atoms with Crippen LogP contribution in [-0.2, 0) is 0 Å². The number of carbonyl (C=O) groups excluding carboxylic acids is 1. The molecule has 0 unspecified atom stereocenters. The molecular weight excluding hydrogens is 300 g/mol. The Morgan fingerprint density at radius 2 is 2.29 bits per heavy atom. The van der Waals surface area contributed by atoms with Gasteiger partial charge in [-0.15, -0.1) is 0 Å². The topological polar surface area (TPSA) is 58.1 Å². The Balaban J connectivity index is 1.94. The van der Waals surface area contributed by atoms with Crippen molar-refractivity contribution in [3.63, 3.8) is 0 Å². The van der Waals surface area contributed by atoms with Gasteiger partial charge in [-0.05, 0) is 37.6 Å². The second kappa shape index (κ2) is 6.93. The minimum atomic E-state index is -0.103. The number of aromatic nitrogens is 2. The first kappa shape index (κ1) is 16.3. The molecule has 5 nitrogen and oxygen atoms in total. The van der Waals surface area contributed by atoms with Crippen LogP contribution >= 0.6 is 0 Å². The van der Waals surface area contributed by atoms with Crippen LogP contribution < -0.4 is 10.2 Å². The SMILES string of the molecule is C=Cc1cnc(C)c(C(=O)c2cccc(N3CCNC[C@H]3C)n2)c1. The van der Waals surface area contributed by atoms with E-state index in [0.717, 1.165) is 31.0 Å². The Kier molecular flexibility index (Phi) is 4.71. The molecule has 1 atom stereocenters. The highest BCUT2D eigenvalue weighted by Gasteiger charge is 2.21. The summed E-state index contributed by atoms with van der Waals surface area (Å²) in [4.78, 5) is 24.0. The molecule has 0 saturated carbocycles. The number of rotatable bonds is 4. The lowest BCUT2D eigenvalue weighted by atomic mass is 10.0. The van der Waals surface area contributed by atoms with Crippen LogP contribution in [0.15, 0.2) is 37.0 Å². The molecule has 0 aromatic carbocycles. The van der Waals surface area contributed by atoms with Crippen molar-refractivity contribution in [1.29, 1.82) is 0 Å². The van der Waals surface area contributed by atoms with Crippen molar-refractivity contribution in [2.75, 3.05) is 24.5 Å². The smallest absolute Gasteiger partial charge is 0.213 e. The molecule has 1 aliphatic rings. The number of nitrogens with zero attached hydrogens (tertiary/aromatic N) is 3. The first-order valence-corrected chi connectivity index (χ1v) is 8.18. The summed E-state index contributed by atoms with van der Waals surface area (Å²) in [5.74, 6) is 0.744. The first-order valence-electron chi connectivity index (χ1n) is 8.18. The molecule has 3 heterocycles. The maximum absolute atomic E-state index is 12.9. The maximum atomic E-state index is 12.9. The number of hydrogen-bond acceptors (Lipinski definition) is 5. The fourth-order valence-electron chi connectivity index (χ4n) is 2.92. The molecule has 2 aromatic rings. The number of piperazine rings is 1. The summed E-state index contributed by atoms with van der Waals surface area (Å²) in [5.41, 5.74) is 2.55. The van der Waals surface area contributed by atoms with E-state index in [-0.39, 0.29) is 5.78 Å². The number of aryl methyl sites for hydroxylation is 1. The highest BCUT2D eigenvalue weighted by Crippen LogP contribution is 2.19. The third-order valence-corrected chi connectivity index (χ3v) is 4.35. The van der Waals surface area contributed by atoms with Crippen molar-refractivity contribution in [2.45, 2.75) is 19.9 Å². The third-order valence-electron chi connectivity index (χ3n) is 4.35. The Morgan fingerprint density at radius 1 is 1.46 bits per heavy atom. The van der Waals surface area contributed by atoms with Gasteiger partial charge in [0.15, 0.2) is 0 Å². The predicted octanol–water partition coefficient (Wildman–Crippen LogP) is 2.46. The lowest BCUT2D eigenvalue weighted by Gasteiger charge is -2.35. The van der Waals surface area contributed by atoms with Crippen LogP contribution in [0.1, 0.15) is 34.2 Å². The fraction of sp³-hybridized carbons (Fsp3) is 0.316. The van der Waals surface area contributed by atoms with E-state index in [1.165, 1.54) is 0 Å². The summed E-state index contributed by atoms with van der Waals surface area (Å²) in [6, 6.07) is 7.79. The number of anilines is 1. The van der Waals surface area contributed by atoms with Crippen molar-refractivity contribution in [2.24, 2.45) is 0 Å². The molecule has 1 N–H and O–H groups in total. The molecule has 2 aromatic heterocycles. The largest absolute Gasteiger partial charge is 0.351 e. The number of pyridine rings is 2. The highest BCUT2D eigenvalue weighted by atomic mass is 16.1. The molecule has 1 saturated heterocycles. The van der Waals surface area contributed by atoms with Crippen LogP contribution in [0, 0.1) is 6.92 Å². The highest BCUT2D eigenvalue weighted by molar-refractivity contribution is 6.08. The average molecular weight is 322 g/mol. The lowest BCUT2D eigenvalue weighted by molar-refractivity contribution is 0.103. The predicted molar refractivity (Wildman–Crippen MR) is 96.4 cm³/mol. The first-order chi connectivity index (χ1) is 11.6. The van der Waals surface area contributed by atoms with Gasteiger partial charge < -0.3 is 10.2 Å². The summed E-state index contributed by atoms with van der Waals surface area (Å²) < 4.78 is 0. The molecule has 24 heavy (non-hydrogen) atoms. The zero-order valence-electron chi connectivity index (χ0n) is 14.1. The fourth-order valence-corrected chi connectivity index (χ4v) is 2.92. The molecule has 0 bridgehead atoms. The van der Waals surface area contributed by atoms with E-state index >= 15 is 0 Å². The molecule has 0 aliphatic carbocycles. The summed E-state index contributed by atoms with van der Waals surface area (Å²) >= 11 is 0. The lowest BCUT2D eigenvalue weighted by Crippen LogP contribution is -2.50. The summed E-state index contributed by atoms with van der Waals surface area (Å²) in [6.07, 6.45) is 3.40. The van der Waals surface area contributed by atoms with Crippen LogP contribution in [0.3, 0.4) is 0 Å². The Morgan fingerprint density at radius 3 is 3.04 bits per heavy atom. The van der Waals surface area contributed by atoms with Gasteiger partial charge in [0.05, 0.1) is 0 Å². The van der Waals surface area contributed by atoms with Gasteiger partial charge in [0.2, 0.25) is 5.78 Å². The van der Waals surface area contributed by atoms with Crippen LogP contribution in [0.5, 0.6) is 0 Å². The van der Waals surface area contributed by atoms with Gasteiger partial charge in [-0.25, -0.2) is 4.98 Å². The maximum Gasteiger partial charge on any atom is 0.213 e. The zero-order chi connectivity index (χ0) is 17.1. The molecular formula is C19H22N4O. The van der Waals surface area contributed by atoms with E-state index in [9.17, 15) is 4.79 Å². The minimum Gasteiger partial charge on any atom is -0.351 e. The number of carbonyl (C=O) groups is 1. The zero-order valence-corrected chi connectivity index (χ0v) is 14.1. The molecule has 5 heteroatoms. The second-order valence-electron chi connectivity index (χ2n) is 6.06. The third kappa shape index (κ3) is 3.21. The van der Waals surface area contributed by atoms with Gasteiger partial charge in [-0.1, -0.05) is 18.7 Å². The van der Waals surface area contributed by atoms with Gasteiger partial charge in [0.1, 0.15) is 11.5 Å². The monoisotopic (exact) mass is 322 g/mol. The van der Waals surface area contributed by atoms with E-state index < -0.39 is 0 Å². The molecule has 0 radical (unpaired) electrons. The Hall–Kier alpha value is -2.53. The summed E-state index contributed by atoms with van der Waals surface area (Å²) in [5, 5.41) is 3.36. The van der Waals surface area contributed by atoms with Gasteiger partial charge in [0, 0.05) is 43.1 Å².